The molecule has 0 radical (unpaired) electrons. The summed E-state index contributed by atoms with van der Waals surface area (Å²) >= 11 is 12.3. The molecule has 1 heterocycles. The van der Waals surface area contributed by atoms with E-state index in [-0.39, 0.29) is 23.6 Å². The Morgan fingerprint density at radius 1 is 1.10 bits per heavy atom. The molecule has 0 spiro atoms. The number of carbonyl (C=O) groups excluding carboxylic acids is 1. The van der Waals surface area contributed by atoms with Gasteiger partial charge in [0.1, 0.15) is 11.3 Å². The van der Waals surface area contributed by atoms with Gasteiger partial charge in [-0.15, -0.1) is 0 Å². The van der Waals surface area contributed by atoms with Crippen LogP contribution in [0.4, 0.5) is 11.4 Å². The van der Waals surface area contributed by atoms with E-state index in [2.05, 4.69) is 10.6 Å². The number of carbonyl (C=O) groups is 2. The van der Waals surface area contributed by atoms with Crippen molar-refractivity contribution in [3.05, 3.63) is 87.4 Å². The number of fused-ring (bicyclic) bond motifs is 1. The van der Waals surface area contributed by atoms with Crippen molar-refractivity contribution >= 4 is 46.5 Å². The normalized spacial score (nSPS) is 17.1. The number of halogens is 2. The summed E-state index contributed by atoms with van der Waals surface area (Å²) in [7, 11) is 1.46. The van der Waals surface area contributed by atoms with Crippen LogP contribution < -0.4 is 15.4 Å². The van der Waals surface area contributed by atoms with Crippen LogP contribution in [0.5, 0.6) is 5.75 Å². The lowest BCUT2D eigenvalue weighted by Crippen LogP contribution is -2.44. The summed E-state index contributed by atoms with van der Waals surface area (Å²) in [5.41, 5.74) is 1.03. The second kappa shape index (κ2) is 8.13. The van der Waals surface area contributed by atoms with Crippen molar-refractivity contribution in [1.82, 2.24) is 0 Å². The molecule has 0 saturated heterocycles. The molecule has 4 rings (SSSR count). The summed E-state index contributed by atoms with van der Waals surface area (Å²) in [6, 6.07) is 17.0. The number of hydrogen-bond donors (Lipinski definition) is 3. The molecular weight excluding hydrogens is 439 g/mol. The highest BCUT2D eigenvalue weighted by atomic mass is 35.5. The number of hydrogen-bond acceptors (Lipinski definition) is 4. The smallest absolute Gasteiger partial charge is 0.337 e. The first-order valence-corrected chi connectivity index (χ1v) is 10.1. The van der Waals surface area contributed by atoms with Crippen molar-refractivity contribution in [3.8, 4) is 5.75 Å². The number of rotatable bonds is 6. The molecule has 31 heavy (non-hydrogen) atoms. The number of aromatic carboxylic acids is 1. The Balaban J connectivity index is 1.87. The van der Waals surface area contributed by atoms with Gasteiger partial charge in [-0.05, 0) is 48.0 Å². The van der Waals surface area contributed by atoms with Crippen molar-refractivity contribution in [1.29, 1.82) is 0 Å². The van der Waals surface area contributed by atoms with E-state index in [1.165, 1.54) is 13.2 Å². The maximum absolute atomic E-state index is 13.3. The van der Waals surface area contributed by atoms with Crippen molar-refractivity contribution in [2.75, 3.05) is 17.7 Å². The molecule has 1 unspecified atom stereocenters. The Kier molecular flexibility index (Phi) is 5.52. The lowest BCUT2D eigenvalue weighted by Gasteiger charge is -2.31. The van der Waals surface area contributed by atoms with Gasteiger partial charge in [0.2, 0.25) is 0 Å². The average Bonchev–Trinajstić information content (AvgIpc) is 2.98. The van der Waals surface area contributed by atoms with E-state index < -0.39 is 11.5 Å². The van der Waals surface area contributed by atoms with E-state index in [9.17, 15) is 14.7 Å². The van der Waals surface area contributed by atoms with E-state index in [4.69, 9.17) is 27.9 Å². The third kappa shape index (κ3) is 3.92. The Hall–Kier alpha value is -3.22. The van der Waals surface area contributed by atoms with Gasteiger partial charge in [0, 0.05) is 27.7 Å². The van der Waals surface area contributed by atoms with Crippen LogP contribution in [0, 0.1) is 0 Å². The van der Waals surface area contributed by atoms with Crippen LogP contribution >= 0.6 is 23.2 Å². The minimum Gasteiger partial charge on any atom is -0.497 e. The van der Waals surface area contributed by atoms with Gasteiger partial charge in [-0.2, -0.15) is 0 Å². The molecule has 1 atom stereocenters. The molecule has 8 heteroatoms. The topological polar surface area (TPSA) is 87.7 Å². The quantitative estimate of drug-likeness (QED) is 0.474. The molecule has 1 aliphatic rings. The number of carboxylic acids is 1. The average molecular weight is 457 g/mol. The first-order chi connectivity index (χ1) is 14.8. The highest BCUT2D eigenvalue weighted by Crippen LogP contribution is 2.43. The molecule has 3 aromatic rings. The fourth-order valence-electron chi connectivity index (χ4n) is 3.81. The van der Waals surface area contributed by atoms with Crippen LogP contribution in [0.25, 0.3) is 0 Å². The third-order valence-electron chi connectivity index (χ3n) is 5.24. The summed E-state index contributed by atoms with van der Waals surface area (Å²) in [4.78, 5) is 25.3. The van der Waals surface area contributed by atoms with Crippen molar-refractivity contribution in [2.24, 2.45) is 0 Å². The number of methoxy groups -OCH3 is 1. The van der Waals surface area contributed by atoms with Gasteiger partial charge in [0.25, 0.3) is 5.91 Å². The highest BCUT2D eigenvalue weighted by molar-refractivity contribution is 6.31. The van der Waals surface area contributed by atoms with Crippen molar-refractivity contribution in [2.45, 2.75) is 12.0 Å². The van der Waals surface area contributed by atoms with Gasteiger partial charge in [0.05, 0.1) is 18.4 Å². The minimum absolute atomic E-state index is 0.0139. The molecule has 1 aliphatic heterocycles. The van der Waals surface area contributed by atoms with Gasteiger partial charge in [0.15, 0.2) is 0 Å². The Bertz CT molecular complexity index is 1200. The second-order valence-corrected chi connectivity index (χ2v) is 8.07. The van der Waals surface area contributed by atoms with Crippen molar-refractivity contribution in [3.63, 3.8) is 0 Å². The van der Waals surface area contributed by atoms with Gasteiger partial charge >= 0.3 is 5.97 Å². The lowest BCUT2D eigenvalue weighted by atomic mass is 9.84. The highest BCUT2D eigenvalue weighted by Gasteiger charge is 2.47. The fourth-order valence-corrected chi connectivity index (χ4v) is 4.19. The van der Waals surface area contributed by atoms with Gasteiger partial charge in [-0.1, -0.05) is 41.4 Å². The summed E-state index contributed by atoms with van der Waals surface area (Å²) in [5, 5.41) is 16.8. The van der Waals surface area contributed by atoms with E-state index >= 15 is 0 Å². The van der Waals surface area contributed by atoms with E-state index in [1.54, 1.807) is 48.5 Å². The summed E-state index contributed by atoms with van der Waals surface area (Å²) in [6.07, 6.45) is 0.235. The maximum atomic E-state index is 13.3. The standard InChI is InChI=1S/C23H18Cl2N2O4/c1-31-16-6-8-19(17(11-16)21(28)29)27-23(12-13-3-2-4-14(24)9-13)18-7-5-15(25)10-20(18)26-22(23)30/h2-11,27H,12H2,1H3,(H,26,30)(H,28,29). The van der Waals surface area contributed by atoms with Crippen LogP contribution in [-0.2, 0) is 16.8 Å². The molecular formula is C23H18Cl2N2O4. The summed E-state index contributed by atoms with van der Waals surface area (Å²) < 4.78 is 5.15. The van der Waals surface area contributed by atoms with Crippen LogP contribution in [0.3, 0.4) is 0 Å². The number of nitrogens with one attached hydrogen (secondary N) is 2. The first kappa shape index (κ1) is 21.0. The minimum atomic E-state index is -1.27. The molecule has 158 valence electrons. The monoisotopic (exact) mass is 456 g/mol. The van der Waals surface area contributed by atoms with Crippen LogP contribution in [-0.4, -0.2) is 24.1 Å². The second-order valence-electron chi connectivity index (χ2n) is 7.20. The van der Waals surface area contributed by atoms with Crippen LogP contribution in [0.2, 0.25) is 10.0 Å². The molecule has 6 nitrogen and oxygen atoms in total. The van der Waals surface area contributed by atoms with E-state index in [0.29, 0.717) is 27.0 Å². The largest absolute Gasteiger partial charge is 0.497 e. The Morgan fingerprint density at radius 2 is 1.87 bits per heavy atom. The van der Waals surface area contributed by atoms with E-state index in [1.807, 2.05) is 6.07 Å². The number of ether oxygens (including phenoxy) is 1. The summed E-state index contributed by atoms with van der Waals surface area (Å²) in [5.74, 6) is -1.07. The Morgan fingerprint density at radius 3 is 2.58 bits per heavy atom. The molecule has 3 N–H and O–H groups in total. The van der Waals surface area contributed by atoms with Gasteiger partial charge < -0.3 is 20.5 Å². The SMILES string of the molecule is COc1ccc(NC2(Cc3cccc(Cl)c3)C(=O)Nc3cc(Cl)ccc32)c(C(=O)O)c1. The zero-order chi connectivity index (χ0) is 22.2. The van der Waals surface area contributed by atoms with Crippen LogP contribution in [0.15, 0.2) is 60.7 Å². The molecule has 0 aliphatic carbocycles. The fraction of sp³-hybridized carbons (Fsp3) is 0.130. The van der Waals surface area contributed by atoms with Crippen LogP contribution in [0.1, 0.15) is 21.5 Å². The third-order valence-corrected chi connectivity index (χ3v) is 5.71. The van der Waals surface area contributed by atoms with Gasteiger partial charge in [-0.3, -0.25) is 4.79 Å². The molecule has 0 aromatic heterocycles. The maximum Gasteiger partial charge on any atom is 0.337 e. The zero-order valence-corrected chi connectivity index (χ0v) is 17.9. The molecule has 0 bridgehead atoms. The van der Waals surface area contributed by atoms with Gasteiger partial charge in [-0.25, -0.2) is 4.79 Å². The Labute approximate surface area is 188 Å². The summed E-state index contributed by atoms with van der Waals surface area (Å²) in [6.45, 7) is 0. The molecule has 1 amide bonds. The number of anilines is 2. The predicted molar refractivity (Wildman–Crippen MR) is 120 cm³/mol. The first-order valence-electron chi connectivity index (χ1n) is 9.38. The number of amides is 1. The van der Waals surface area contributed by atoms with E-state index in [0.717, 1.165) is 5.56 Å². The molecule has 0 fully saturated rings. The number of carboxylic acid groups (broad SMARTS) is 1. The van der Waals surface area contributed by atoms with Crippen molar-refractivity contribution < 1.29 is 19.4 Å². The lowest BCUT2D eigenvalue weighted by molar-refractivity contribution is -0.119. The zero-order valence-electron chi connectivity index (χ0n) is 16.4. The predicted octanol–water partition coefficient (Wildman–Crippen LogP) is 5.20. The molecule has 3 aromatic carbocycles. The number of benzene rings is 3. The molecule has 0 saturated carbocycles.